The lowest BCUT2D eigenvalue weighted by Gasteiger charge is -2.15. The van der Waals surface area contributed by atoms with Crippen molar-refractivity contribution in [3.05, 3.63) is 45.6 Å². The molecule has 0 saturated carbocycles. The average molecular weight is 391 g/mol. The van der Waals surface area contributed by atoms with Gasteiger partial charge in [0, 0.05) is 37.9 Å². The molecule has 8 nitrogen and oxygen atoms in total. The summed E-state index contributed by atoms with van der Waals surface area (Å²) in [6.07, 6.45) is 0. The Bertz CT molecular complexity index is 1180. The summed E-state index contributed by atoms with van der Waals surface area (Å²) in [5.41, 5.74) is 3.71. The maximum atomic E-state index is 12.9. The van der Waals surface area contributed by atoms with Crippen LogP contribution in [0.5, 0.6) is 0 Å². The molecular formula is C18H25N5O3S. The van der Waals surface area contributed by atoms with Crippen LogP contribution in [0, 0.1) is 13.8 Å². The van der Waals surface area contributed by atoms with E-state index in [4.69, 9.17) is 0 Å². The Hall–Kier alpha value is -2.39. The van der Waals surface area contributed by atoms with Crippen molar-refractivity contribution in [3.63, 3.8) is 0 Å². The lowest BCUT2D eigenvalue weighted by molar-refractivity contribution is 0.565. The molecule has 0 aliphatic heterocycles. The van der Waals surface area contributed by atoms with Gasteiger partial charge >= 0.3 is 5.69 Å². The predicted molar refractivity (Wildman–Crippen MR) is 104 cm³/mol. The largest absolute Gasteiger partial charge is 0.328 e. The summed E-state index contributed by atoms with van der Waals surface area (Å²) in [7, 11) is -0.471. The maximum absolute atomic E-state index is 12.9. The van der Waals surface area contributed by atoms with Crippen LogP contribution in [0.25, 0.3) is 11.0 Å². The van der Waals surface area contributed by atoms with Gasteiger partial charge in [-0.1, -0.05) is 0 Å². The summed E-state index contributed by atoms with van der Waals surface area (Å²) in [6.45, 7) is 8.36. The van der Waals surface area contributed by atoms with Gasteiger partial charge in [0.1, 0.15) is 0 Å². The second-order valence-corrected chi connectivity index (χ2v) is 8.51. The number of nitrogens with one attached hydrogen (secondary N) is 1. The molecule has 2 heterocycles. The maximum Gasteiger partial charge on any atom is 0.328 e. The van der Waals surface area contributed by atoms with Crippen molar-refractivity contribution in [1.82, 2.24) is 23.6 Å². The first-order valence-electron chi connectivity index (χ1n) is 8.80. The van der Waals surface area contributed by atoms with Gasteiger partial charge < -0.3 is 0 Å². The molecule has 0 radical (unpaired) electrons. The van der Waals surface area contributed by atoms with Gasteiger partial charge in [-0.15, -0.1) is 0 Å². The number of hydrogen-bond donors (Lipinski definition) is 1. The first-order valence-corrected chi connectivity index (χ1v) is 10.3. The molecule has 1 atom stereocenters. The highest BCUT2D eigenvalue weighted by molar-refractivity contribution is 7.89. The molecule has 1 aromatic carbocycles. The Morgan fingerprint density at radius 3 is 2.37 bits per heavy atom. The Balaban J connectivity index is 2.00. The van der Waals surface area contributed by atoms with Gasteiger partial charge in [0.15, 0.2) is 0 Å². The van der Waals surface area contributed by atoms with Crippen LogP contribution in [0.15, 0.2) is 27.9 Å². The lowest BCUT2D eigenvalue weighted by atomic mass is 10.1. The molecule has 3 rings (SSSR count). The lowest BCUT2D eigenvalue weighted by Crippen LogP contribution is -2.27. The van der Waals surface area contributed by atoms with E-state index >= 15 is 0 Å². The van der Waals surface area contributed by atoms with E-state index < -0.39 is 16.1 Å². The molecule has 146 valence electrons. The van der Waals surface area contributed by atoms with E-state index in [0.29, 0.717) is 11.0 Å². The number of aromatic nitrogens is 4. The summed E-state index contributed by atoms with van der Waals surface area (Å²) >= 11 is 0. The Labute approximate surface area is 158 Å². The fourth-order valence-electron chi connectivity index (χ4n) is 3.66. The highest BCUT2D eigenvalue weighted by atomic mass is 32.2. The summed E-state index contributed by atoms with van der Waals surface area (Å²) in [4.78, 5) is 12.2. The van der Waals surface area contributed by atoms with Crippen LogP contribution in [0.3, 0.4) is 0 Å². The van der Waals surface area contributed by atoms with Crippen molar-refractivity contribution in [1.29, 1.82) is 0 Å². The Kier molecular flexibility index (Phi) is 4.77. The fourth-order valence-corrected chi connectivity index (χ4v) is 4.89. The van der Waals surface area contributed by atoms with Gasteiger partial charge in [-0.2, -0.15) is 5.10 Å². The van der Waals surface area contributed by atoms with Crippen LogP contribution in [0.2, 0.25) is 0 Å². The van der Waals surface area contributed by atoms with Crippen molar-refractivity contribution in [2.24, 2.45) is 14.1 Å². The molecule has 0 saturated heterocycles. The fraction of sp³-hybridized carbons (Fsp3) is 0.444. The highest BCUT2D eigenvalue weighted by Crippen LogP contribution is 2.24. The van der Waals surface area contributed by atoms with Crippen LogP contribution < -0.4 is 10.4 Å². The molecule has 0 amide bonds. The molecule has 3 aromatic rings. The van der Waals surface area contributed by atoms with E-state index in [1.54, 1.807) is 20.2 Å². The van der Waals surface area contributed by atoms with E-state index in [-0.39, 0.29) is 10.6 Å². The molecule has 1 N–H and O–H groups in total. The number of benzene rings is 1. The first kappa shape index (κ1) is 19.4. The van der Waals surface area contributed by atoms with Crippen molar-refractivity contribution in [2.45, 2.75) is 45.2 Å². The van der Waals surface area contributed by atoms with Crippen molar-refractivity contribution >= 4 is 21.1 Å². The zero-order valence-corrected chi connectivity index (χ0v) is 17.3. The number of hydrogen-bond acceptors (Lipinski definition) is 4. The summed E-state index contributed by atoms with van der Waals surface area (Å²) in [5, 5.41) is 4.46. The van der Waals surface area contributed by atoms with Crippen LogP contribution in [0.4, 0.5) is 0 Å². The molecule has 0 fully saturated rings. The molecule has 0 aliphatic carbocycles. The third kappa shape index (κ3) is 3.10. The van der Waals surface area contributed by atoms with E-state index in [9.17, 15) is 13.2 Å². The normalized spacial score (nSPS) is 13.4. The minimum absolute atomic E-state index is 0.126. The van der Waals surface area contributed by atoms with E-state index in [1.807, 2.05) is 32.4 Å². The SMILES string of the molecule is CCn1nc(C)c([C@@H](C)NS(=O)(=O)c2ccc3c(c2)n(C)c(=O)n3C)c1C. The second kappa shape index (κ2) is 6.65. The number of sulfonamides is 1. The molecule has 0 aliphatic rings. The number of nitrogens with zero attached hydrogens (tertiary/aromatic N) is 4. The summed E-state index contributed by atoms with van der Waals surface area (Å²) < 4.78 is 33.4. The van der Waals surface area contributed by atoms with E-state index in [1.165, 1.54) is 21.3 Å². The Morgan fingerprint density at radius 1 is 1.15 bits per heavy atom. The highest BCUT2D eigenvalue weighted by Gasteiger charge is 2.24. The van der Waals surface area contributed by atoms with E-state index in [2.05, 4.69) is 9.82 Å². The molecular weight excluding hydrogens is 366 g/mol. The minimum atomic E-state index is -3.76. The van der Waals surface area contributed by atoms with Gasteiger partial charge in [0.2, 0.25) is 10.0 Å². The first-order chi connectivity index (χ1) is 12.6. The molecule has 0 bridgehead atoms. The van der Waals surface area contributed by atoms with Gasteiger partial charge in [-0.3, -0.25) is 13.8 Å². The molecule has 9 heteroatoms. The third-order valence-electron chi connectivity index (χ3n) is 5.06. The molecule has 27 heavy (non-hydrogen) atoms. The van der Waals surface area contributed by atoms with E-state index in [0.717, 1.165) is 23.5 Å². The van der Waals surface area contributed by atoms with Crippen LogP contribution >= 0.6 is 0 Å². The van der Waals surface area contributed by atoms with Crippen molar-refractivity contribution < 1.29 is 8.42 Å². The predicted octanol–water partition coefficient (Wildman–Crippen LogP) is 1.75. The zero-order valence-electron chi connectivity index (χ0n) is 16.4. The van der Waals surface area contributed by atoms with Gasteiger partial charge in [0.05, 0.1) is 21.6 Å². The standard InChI is InChI=1S/C18H25N5O3S/c1-7-23-13(4)17(11(2)19-23)12(3)20-27(25,26)14-8-9-15-16(10-14)22(6)18(24)21(15)5/h8-10,12,20H,7H2,1-6H3/t12-/m1/s1. The zero-order chi connectivity index (χ0) is 20.1. The van der Waals surface area contributed by atoms with Gasteiger partial charge in [-0.05, 0) is 45.9 Å². The number of imidazole rings is 1. The Morgan fingerprint density at radius 2 is 1.78 bits per heavy atom. The monoisotopic (exact) mass is 391 g/mol. The third-order valence-corrected chi connectivity index (χ3v) is 6.59. The summed E-state index contributed by atoms with van der Waals surface area (Å²) in [5.74, 6) is 0. The molecule has 2 aromatic heterocycles. The number of fused-ring (bicyclic) bond motifs is 1. The minimum Gasteiger partial charge on any atom is -0.295 e. The number of aryl methyl sites for hydroxylation is 4. The van der Waals surface area contributed by atoms with Crippen LogP contribution in [0.1, 0.15) is 36.8 Å². The number of rotatable bonds is 5. The van der Waals surface area contributed by atoms with Gasteiger partial charge in [-0.25, -0.2) is 17.9 Å². The van der Waals surface area contributed by atoms with Crippen molar-refractivity contribution in [2.75, 3.05) is 0 Å². The smallest absolute Gasteiger partial charge is 0.295 e. The summed E-state index contributed by atoms with van der Waals surface area (Å²) in [6, 6.07) is 4.28. The second-order valence-electron chi connectivity index (χ2n) is 6.79. The van der Waals surface area contributed by atoms with Crippen LogP contribution in [-0.2, 0) is 30.7 Å². The molecule has 0 unspecified atom stereocenters. The topological polar surface area (TPSA) is 90.9 Å². The quantitative estimate of drug-likeness (QED) is 0.717. The van der Waals surface area contributed by atoms with Crippen LogP contribution in [-0.4, -0.2) is 27.3 Å². The van der Waals surface area contributed by atoms with Crippen molar-refractivity contribution in [3.8, 4) is 0 Å². The van der Waals surface area contributed by atoms with Gasteiger partial charge in [0.25, 0.3) is 0 Å². The molecule has 0 spiro atoms. The average Bonchev–Trinajstić information content (AvgIpc) is 3.02.